The minimum absolute atomic E-state index is 0.171. The van der Waals surface area contributed by atoms with Crippen LogP contribution in [-0.2, 0) is 9.31 Å². The van der Waals surface area contributed by atoms with Crippen LogP contribution in [0.4, 0.5) is 0 Å². The normalized spacial score (nSPS) is 41.3. The maximum Gasteiger partial charge on any atom is 0.480 e. The van der Waals surface area contributed by atoms with Crippen molar-refractivity contribution >= 4 is 7.12 Å². The fourth-order valence-corrected chi connectivity index (χ4v) is 4.88. The molecule has 4 heteroatoms. The van der Waals surface area contributed by atoms with Crippen molar-refractivity contribution in [2.45, 2.75) is 51.3 Å². The standard InChI is InChI=1S/C17H24BNO2/c1-16(2)12-9-13(16)17(3)14(10-12)20-18(21-17)15(19)11-7-5-4-6-8-11/h4-8,12-15H,9-10,19H2,1-3H3. The van der Waals surface area contributed by atoms with E-state index in [1.54, 1.807) is 0 Å². The highest BCUT2D eigenvalue weighted by Crippen LogP contribution is 2.65. The number of nitrogens with two attached hydrogens (primary N) is 1. The molecule has 1 saturated heterocycles. The second-order valence-electron chi connectivity index (χ2n) is 7.77. The molecule has 0 aromatic heterocycles. The highest BCUT2D eigenvalue weighted by Gasteiger charge is 2.68. The lowest BCUT2D eigenvalue weighted by atomic mass is 9.43. The van der Waals surface area contributed by atoms with Gasteiger partial charge in [0.15, 0.2) is 0 Å². The molecule has 21 heavy (non-hydrogen) atoms. The predicted octanol–water partition coefficient (Wildman–Crippen LogP) is 2.95. The van der Waals surface area contributed by atoms with E-state index in [0.717, 1.165) is 17.9 Å². The first-order chi connectivity index (χ1) is 9.93. The Kier molecular flexibility index (Phi) is 2.85. The van der Waals surface area contributed by atoms with Gasteiger partial charge in [-0.25, -0.2) is 0 Å². The van der Waals surface area contributed by atoms with Gasteiger partial charge in [-0.2, -0.15) is 0 Å². The van der Waals surface area contributed by atoms with Gasteiger partial charge in [0.25, 0.3) is 0 Å². The molecule has 4 aliphatic rings. The zero-order valence-electron chi connectivity index (χ0n) is 13.1. The maximum atomic E-state index is 6.41. The Balaban J connectivity index is 1.57. The van der Waals surface area contributed by atoms with Gasteiger partial charge >= 0.3 is 7.12 Å². The molecular formula is C17H24BNO2. The van der Waals surface area contributed by atoms with E-state index in [0.29, 0.717) is 11.3 Å². The average Bonchev–Trinajstić information content (AvgIpc) is 2.84. The van der Waals surface area contributed by atoms with Gasteiger partial charge in [0.05, 0.1) is 17.6 Å². The Morgan fingerprint density at radius 2 is 1.90 bits per heavy atom. The zero-order valence-corrected chi connectivity index (χ0v) is 13.1. The minimum Gasteiger partial charge on any atom is -0.404 e. The molecule has 112 valence electrons. The summed E-state index contributed by atoms with van der Waals surface area (Å²) in [5.74, 6) is 1.14. The third-order valence-corrected chi connectivity index (χ3v) is 6.45. The average molecular weight is 285 g/mol. The maximum absolute atomic E-state index is 6.41. The van der Waals surface area contributed by atoms with Crippen LogP contribution in [0.1, 0.15) is 45.1 Å². The van der Waals surface area contributed by atoms with E-state index >= 15 is 0 Å². The number of benzene rings is 1. The summed E-state index contributed by atoms with van der Waals surface area (Å²) in [6, 6.07) is 10.1. The zero-order chi connectivity index (χ0) is 14.8. The second-order valence-corrected chi connectivity index (χ2v) is 7.77. The van der Waals surface area contributed by atoms with Gasteiger partial charge in [0, 0.05) is 0 Å². The Morgan fingerprint density at radius 1 is 1.19 bits per heavy atom. The summed E-state index contributed by atoms with van der Waals surface area (Å²) >= 11 is 0. The van der Waals surface area contributed by atoms with Crippen molar-refractivity contribution in [2.75, 3.05) is 0 Å². The third-order valence-electron chi connectivity index (χ3n) is 6.45. The largest absolute Gasteiger partial charge is 0.480 e. The van der Waals surface area contributed by atoms with Gasteiger partial charge in [-0.05, 0) is 42.6 Å². The van der Waals surface area contributed by atoms with Crippen molar-refractivity contribution in [1.82, 2.24) is 0 Å². The van der Waals surface area contributed by atoms with Crippen LogP contribution < -0.4 is 5.73 Å². The molecule has 3 saturated carbocycles. The Labute approximate surface area is 127 Å². The highest BCUT2D eigenvalue weighted by atomic mass is 16.7. The quantitative estimate of drug-likeness (QED) is 0.850. The van der Waals surface area contributed by atoms with Gasteiger partial charge in [0.1, 0.15) is 0 Å². The molecule has 5 rings (SSSR count). The van der Waals surface area contributed by atoms with Crippen molar-refractivity contribution in [3.05, 3.63) is 35.9 Å². The van der Waals surface area contributed by atoms with Crippen LogP contribution in [0.15, 0.2) is 30.3 Å². The topological polar surface area (TPSA) is 44.5 Å². The molecule has 4 fully saturated rings. The predicted molar refractivity (Wildman–Crippen MR) is 83.5 cm³/mol. The first-order valence-electron chi connectivity index (χ1n) is 8.06. The van der Waals surface area contributed by atoms with E-state index in [1.165, 1.54) is 6.42 Å². The van der Waals surface area contributed by atoms with Gasteiger partial charge in [-0.1, -0.05) is 44.2 Å². The summed E-state index contributed by atoms with van der Waals surface area (Å²) in [4.78, 5) is 0. The van der Waals surface area contributed by atoms with Crippen LogP contribution in [-0.4, -0.2) is 18.8 Å². The summed E-state index contributed by atoms with van der Waals surface area (Å²) in [7, 11) is -0.322. The summed E-state index contributed by atoms with van der Waals surface area (Å²) in [6.07, 6.45) is 2.59. The van der Waals surface area contributed by atoms with Gasteiger partial charge < -0.3 is 15.0 Å². The smallest absolute Gasteiger partial charge is 0.404 e. The molecule has 1 aromatic carbocycles. The van der Waals surface area contributed by atoms with E-state index < -0.39 is 0 Å². The van der Waals surface area contributed by atoms with Crippen molar-refractivity contribution < 1.29 is 9.31 Å². The molecule has 1 aliphatic heterocycles. The van der Waals surface area contributed by atoms with E-state index in [9.17, 15) is 0 Å². The Bertz CT molecular complexity index is 549. The summed E-state index contributed by atoms with van der Waals surface area (Å²) in [6.45, 7) is 6.99. The summed E-state index contributed by atoms with van der Waals surface area (Å²) < 4.78 is 12.6. The van der Waals surface area contributed by atoms with Gasteiger partial charge in [0.2, 0.25) is 0 Å². The van der Waals surface area contributed by atoms with Crippen LogP contribution in [0, 0.1) is 17.3 Å². The molecule has 1 aromatic rings. The molecule has 0 spiro atoms. The Hall–Kier alpha value is -0.835. The van der Waals surface area contributed by atoms with Crippen molar-refractivity contribution in [1.29, 1.82) is 0 Å². The highest BCUT2D eigenvalue weighted by molar-refractivity contribution is 6.47. The van der Waals surface area contributed by atoms with Crippen LogP contribution in [0.5, 0.6) is 0 Å². The number of rotatable bonds is 2. The molecule has 0 radical (unpaired) electrons. The first-order valence-corrected chi connectivity index (χ1v) is 8.06. The minimum atomic E-state index is -0.322. The summed E-state index contributed by atoms with van der Waals surface area (Å²) in [5, 5.41) is 0. The van der Waals surface area contributed by atoms with Crippen molar-refractivity contribution in [2.24, 2.45) is 23.0 Å². The van der Waals surface area contributed by atoms with Crippen LogP contribution in [0.25, 0.3) is 0 Å². The lowest BCUT2D eigenvalue weighted by Gasteiger charge is -2.64. The van der Waals surface area contributed by atoms with Crippen LogP contribution in [0.2, 0.25) is 0 Å². The molecule has 5 unspecified atom stereocenters. The van der Waals surface area contributed by atoms with Crippen LogP contribution in [0.3, 0.4) is 0 Å². The molecule has 3 nitrogen and oxygen atoms in total. The summed E-state index contributed by atoms with van der Waals surface area (Å²) in [5.41, 5.74) is 7.67. The number of hydrogen-bond donors (Lipinski definition) is 1. The number of hydrogen-bond acceptors (Lipinski definition) is 3. The first kappa shape index (κ1) is 13.8. The molecule has 3 aliphatic carbocycles. The van der Waals surface area contributed by atoms with Crippen molar-refractivity contribution in [3.63, 3.8) is 0 Å². The van der Waals surface area contributed by atoms with E-state index in [4.69, 9.17) is 15.0 Å². The monoisotopic (exact) mass is 285 g/mol. The molecule has 1 heterocycles. The molecule has 5 atom stereocenters. The van der Waals surface area contributed by atoms with E-state index in [1.807, 2.05) is 30.3 Å². The lowest BCUT2D eigenvalue weighted by Crippen LogP contribution is -2.65. The van der Waals surface area contributed by atoms with Gasteiger partial charge in [-0.3, -0.25) is 0 Å². The van der Waals surface area contributed by atoms with Crippen LogP contribution >= 0.6 is 0 Å². The van der Waals surface area contributed by atoms with E-state index in [2.05, 4.69) is 20.8 Å². The molecule has 2 N–H and O–H groups in total. The SMILES string of the molecule is CC1(C)C2CC3OB(C(N)c4ccccc4)OC3(C)C1C2. The lowest BCUT2D eigenvalue weighted by molar-refractivity contribution is -0.199. The second kappa shape index (κ2) is 4.34. The van der Waals surface area contributed by atoms with Crippen molar-refractivity contribution in [3.8, 4) is 0 Å². The fourth-order valence-electron chi connectivity index (χ4n) is 4.88. The fraction of sp³-hybridized carbons (Fsp3) is 0.647. The van der Waals surface area contributed by atoms with Gasteiger partial charge in [-0.15, -0.1) is 0 Å². The molecule has 0 amide bonds. The molecule has 2 bridgehead atoms. The van der Waals surface area contributed by atoms with E-state index in [-0.39, 0.29) is 24.8 Å². The molecular weight excluding hydrogens is 261 g/mol. The third kappa shape index (κ3) is 1.79. The Morgan fingerprint density at radius 3 is 2.57 bits per heavy atom.